The number of nitro groups is 1. The van der Waals surface area contributed by atoms with Crippen molar-refractivity contribution in [3.05, 3.63) is 62.1 Å². The average Bonchev–Trinajstić information content (AvgIpc) is 2.42. The molecule has 0 atom stereocenters. The fourth-order valence-electron chi connectivity index (χ4n) is 1.51. The van der Waals surface area contributed by atoms with Crippen LogP contribution in [0, 0.1) is 10.1 Å². The first kappa shape index (κ1) is 14.3. The second kappa shape index (κ2) is 5.90. The minimum atomic E-state index is -0.633. The molecule has 0 saturated carbocycles. The highest BCUT2D eigenvalue weighted by Crippen LogP contribution is 2.36. The topological polar surface area (TPSA) is 69.4 Å². The van der Waals surface area contributed by atoms with Crippen LogP contribution in [0.2, 0.25) is 10.0 Å². The molecule has 0 heterocycles. The average molecular weight is 312 g/mol. The summed E-state index contributed by atoms with van der Waals surface area (Å²) in [6.07, 6.45) is 0.520. The molecule has 102 valence electrons. The molecule has 20 heavy (non-hydrogen) atoms. The summed E-state index contributed by atoms with van der Waals surface area (Å²) in [6.45, 7) is 0. The van der Waals surface area contributed by atoms with Crippen LogP contribution in [0.25, 0.3) is 0 Å². The third kappa shape index (κ3) is 3.07. The number of hydrogen-bond acceptors (Lipinski definition) is 4. The molecule has 7 heteroatoms. The summed E-state index contributed by atoms with van der Waals surface area (Å²) in [6, 6.07) is 8.40. The van der Waals surface area contributed by atoms with E-state index in [4.69, 9.17) is 27.9 Å². The van der Waals surface area contributed by atoms with Crippen molar-refractivity contribution in [3.63, 3.8) is 0 Å². The standard InChI is InChI=1S/C13H7Cl2NO4/c14-9-2-4-12(10(15)6-9)20-13-3-1-8(7-17)5-11(13)16(18)19/h1-7H. The Morgan fingerprint density at radius 3 is 2.40 bits per heavy atom. The van der Waals surface area contributed by atoms with Gasteiger partial charge in [-0.3, -0.25) is 14.9 Å². The number of carbonyl (C=O) groups excluding carboxylic acids is 1. The molecule has 0 N–H and O–H groups in total. The molecule has 0 amide bonds. The van der Waals surface area contributed by atoms with Crippen molar-refractivity contribution in [2.75, 3.05) is 0 Å². The third-order valence-electron chi connectivity index (χ3n) is 2.43. The number of nitrogens with zero attached hydrogens (tertiary/aromatic N) is 1. The highest BCUT2D eigenvalue weighted by atomic mass is 35.5. The maximum absolute atomic E-state index is 11.0. The number of benzene rings is 2. The fraction of sp³-hybridized carbons (Fsp3) is 0. The van der Waals surface area contributed by atoms with Gasteiger partial charge in [0, 0.05) is 16.7 Å². The first-order chi connectivity index (χ1) is 9.51. The van der Waals surface area contributed by atoms with Crippen molar-refractivity contribution in [2.24, 2.45) is 0 Å². The van der Waals surface area contributed by atoms with Crippen molar-refractivity contribution < 1.29 is 14.5 Å². The van der Waals surface area contributed by atoms with E-state index in [9.17, 15) is 14.9 Å². The van der Waals surface area contributed by atoms with Gasteiger partial charge < -0.3 is 4.74 Å². The Hall–Kier alpha value is -2.11. The molecule has 5 nitrogen and oxygen atoms in total. The number of halogens is 2. The summed E-state index contributed by atoms with van der Waals surface area (Å²) in [5.41, 5.74) is -0.133. The quantitative estimate of drug-likeness (QED) is 0.473. The molecule has 0 aliphatic heterocycles. The molecule has 0 radical (unpaired) electrons. The molecular weight excluding hydrogens is 305 g/mol. The largest absolute Gasteiger partial charge is 0.449 e. The van der Waals surface area contributed by atoms with Gasteiger partial charge in [-0.2, -0.15) is 0 Å². The van der Waals surface area contributed by atoms with E-state index in [0.29, 0.717) is 11.3 Å². The fourth-order valence-corrected chi connectivity index (χ4v) is 1.96. The highest BCUT2D eigenvalue weighted by molar-refractivity contribution is 6.35. The van der Waals surface area contributed by atoms with Crippen LogP contribution >= 0.6 is 23.2 Å². The van der Waals surface area contributed by atoms with Crippen LogP contribution in [0.15, 0.2) is 36.4 Å². The summed E-state index contributed by atoms with van der Waals surface area (Å²) in [7, 11) is 0. The Balaban J connectivity index is 2.42. The molecule has 2 aromatic carbocycles. The van der Waals surface area contributed by atoms with E-state index in [-0.39, 0.29) is 27.8 Å². The highest BCUT2D eigenvalue weighted by Gasteiger charge is 2.17. The molecule has 2 aromatic rings. The molecule has 0 fully saturated rings. The van der Waals surface area contributed by atoms with E-state index in [1.165, 1.54) is 24.3 Å². The van der Waals surface area contributed by atoms with Gasteiger partial charge in [-0.25, -0.2) is 0 Å². The van der Waals surface area contributed by atoms with Crippen LogP contribution in [-0.2, 0) is 0 Å². The van der Waals surface area contributed by atoms with Gasteiger partial charge in [0.25, 0.3) is 0 Å². The summed E-state index contributed by atoms with van der Waals surface area (Å²) >= 11 is 11.7. The van der Waals surface area contributed by atoms with Crippen LogP contribution in [0.4, 0.5) is 5.69 Å². The van der Waals surface area contributed by atoms with E-state index < -0.39 is 4.92 Å². The van der Waals surface area contributed by atoms with Gasteiger partial charge in [0.2, 0.25) is 5.75 Å². The Morgan fingerprint density at radius 2 is 1.80 bits per heavy atom. The monoisotopic (exact) mass is 311 g/mol. The maximum atomic E-state index is 11.0. The number of carbonyl (C=O) groups is 1. The number of rotatable bonds is 4. The molecule has 0 aliphatic carbocycles. The zero-order valence-electron chi connectivity index (χ0n) is 9.88. The number of nitro benzene ring substituents is 1. The van der Waals surface area contributed by atoms with Crippen LogP contribution < -0.4 is 4.74 Å². The number of aldehydes is 1. The first-order valence-electron chi connectivity index (χ1n) is 5.38. The van der Waals surface area contributed by atoms with Crippen LogP contribution in [0.5, 0.6) is 11.5 Å². The third-order valence-corrected chi connectivity index (χ3v) is 2.96. The molecule has 0 spiro atoms. The van der Waals surface area contributed by atoms with E-state index in [1.807, 2.05) is 0 Å². The molecule has 0 bridgehead atoms. The molecule has 0 saturated heterocycles. The lowest BCUT2D eigenvalue weighted by atomic mass is 10.2. The normalized spacial score (nSPS) is 10.1. The Morgan fingerprint density at radius 1 is 1.10 bits per heavy atom. The lowest BCUT2D eigenvalue weighted by Gasteiger charge is -2.08. The smallest absolute Gasteiger partial charge is 0.312 e. The Labute approximate surface area is 123 Å². The predicted octanol–water partition coefficient (Wildman–Crippen LogP) is 4.51. The van der Waals surface area contributed by atoms with Crippen molar-refractivity contribution in [3.8, 4) is 11.5 Å². The van der Waals surface area contributed by atoms with Crippen molar-refractivity contribution in [1.29, 1.82) is 0 Å². The second-order valence-electron chi connectivity index (χ2n) is 3.78. The van der Waals surface area contributed by atoms with Crippen LogP contribution in [0.1, 0.15) is 10.4 Å². The lowest BCUT2D eigenvalue weighted by Crippen LogP contribution is -1.95. The molecule has 0 unspecified atom stereocenters. The summed E-state index contributed by atoms with van der Waals surface area (Å²) in [5.74, 6) is 0.225. The minimum absolute atomic E-state index is 0.00942. The summed E-state index contributed by atoms with van der Waals surface area (Å²) < 4.78 is 5.41. The SMILES string of the molecule is O=Cc1ccc(Oc2ccc(Cl)cc2Cl)c([N+](=O)[O-])c1. The zero-order chi connectivity index (χ0) is 14.7. The van der Waals surface area contributed by atoms with Gasteiger partial charge in [0.15, 0.2) is 0 Å². The maximum Gasteiger partial charge on any atom is 0.312 e. The van der Waals surface area contributed by atoms with E-state index in [2.05, 4.69) is 0 Å². The van der Waals surface area contributed by atoms with Crippen molar-refractivity contribution in [2.45, 2.75) is 0 Å². The minimum Gasteiger partial charge on any atom is -0.449 e. The van der Waals surface area contributed by atoms with Gasteiger partial charge in [0.1, 0.15) is 12.0 Å². The molecular formula is C13H7Cl2NO4. The number of ether oxygens (including phenoxy) is 1. The molecule has 0 aromatic heterocycles. The number of hydrogen-bond donors (Lipinski definition) is 0. The van der Waals surface area contributed by atoms with Gasteiger partial charge >= 0.3 is 5.69 Å². The van der Waals surface area contributed by atoms with E-state index in [1.54, 1.807) is 6.07 Å². The Bertz CT molecular complexity index is 688. The predicted molar refractivity (Wildman–Crippen MR) is 75.0 cm³/mol. The van der Waals surface area contributed by atoms with Crippen LogP contribution in [0.3, 0.4) is 0 Å². The summed E-state index contributed by atoms with van der Waals surface area (Å²) in [5, 5.41) is 11.6. The molecule has 2 rings (SSSR count). The van der Waals surface area contributed by atoms with Crippen LogP contribution in [-0.4, -0.2) is 11.2 Å². The lowest BCUT2D eigenvalue weighted by molar-refractivity contribution is -0.385. The molecule has 0 aliphatic rings. The van der Waals surface area contributed by atoms with Gasteiger partial charge in [-0.1, -0.05) is 23.2 Å². The van der Waals surface area contributed by atoms with E-state index >= 15 is 0 Å². The second-order valence-corrected chi connectivity index (χ2v) is 4.62. The zero-order valence-corrected chi connectivity index (χ0v) is 11.4. The van der Waals surface area contributed by atoms with Crippen molar-refractivity contribution >= 4 is 35.2 Å². The van der Waals surface area contributed by atoms with Gasteiger partial charge in [-0.05, 0) is 30.3 Å². The van der Waals surface area contributed by atoms with E-state index in [0.717, 1.165) is 6.07 Å². The van der Waals surface area contributed by atoms with Gasteiger partial charge in [-0.15, -0.1) is 0 Å². The van der Waals surface area contributed by atoms with Gasteiger partial charge in [0.05, 0.1) is 9.95 Å². The van der Waals surface area contributed by atoms with Crippen molar-refractivity contribution in [1.82, 2.24) is 0 Å². The first-order valence-corrected chi connectivity index (χ1v) is 6.13. The Kier molecular flexibility index (Phi) is 4.22. The summed E-state index contributed by atoms with van der Waals surface area (Å²) in [4.78, 5) is 21.0.